The van der Waals surface area contributed by atoms with Gasteiger partial charge in [0.2, 0.25) is 5.91 Å². The van der Waals surface area contributed by atoms with Gasteiger partial charge in [-0.25, -0.2) is 0 Å². The predicted molar refractivity (Wildman–Crippen MR) is 392 cm³/mol. The lowest BCUT2D eigenvalue weighted by molar-refractivity contribution is -0.359. The zero-order valence-corrected chi connectivity index (χ0v) is 60.1. The zero-order valence-electron chi connectivity index (χ0n) is 60.1. The third-order valence-electron chi connectivity index (χ3n) is 18.5. The third kappa shape index (κ3) is 47.6. The normalized spacial score (nSPS) is 22.9. The Morgan fingerprint density at radius 1 is 0.389 bits per heavy atom. The highest BCUT2D eigenvalue weighted by atomic mass is 16.7. The van der Waals surface area contributed by atoms with Crippen LogP contribution in [0.3, 0.4) is 0 Å². The number of hydrogen-bond donors (Lipinski definition) is 9. The van der Waals surface area contributed by atoms with E-state index in [4.69, 9.17) is 18.9 Å². The minimum Gasteiger partial charge on any atom is -0.394 e. The number of carbonyl (C=O) groups is 1. The first-order valence-corrected chi connectivity index (χ1v) is 39.0. The number of hydrogen-bond acceptors (Lipinski definition) is 13. The highest BCUT2D eigenvalue weighted by molar-refractivity contribution is 5.76. The van der Waals surface area contributed by atoms with Gasteiger partial charge in [0, 0.05) is 6.42 Å². The summed E-state index contributed by atoms with van der Waals surface area (Å²) in [5.74, 6) is -0.255. The van der Waals surface area contributed by atoms with Crippen molar-refractivity contribution < 1.29 is 64.6 Å². The summed E-state index contributed by atoms with van der Waals surface area (Å²) in [5, 5.41) is 87.6. The Kier molecular flexibility index (Phi) is 59.6. The van der Waals surface area contributed by atoms with Crippen LogP contribution in [-0.4, -0.2) is 140 Å². The molecular formula is C81H143NO13. The molecule has 0 saturated carbocycles. The third-order valence-corrected chi connectivity index (χ3v) is 18.5. The zero-order chi connectivity index (χ0) is 68.7. The van der Waals surface area contributed by atoms with E-state index in [0.29, 0.717) is 12.8 Å². The van der Waals surface area contributed by atoms with E-state index in [1.807, 2.05) is 6.08 Å². The number of aliphatic hydroxyl groups is 8. The highest BCUT2D eigenvalue weighted by Crippen LogP contribution is 2.30. The van der Waals surface area contributed by atoms with E-state index in [2.05, 4.69) is 104 Å². The van der Waals surface area contributed by atoms with Crippen LogP contribution < -0.4 is 5.32 Å². The van der Waals surface area contributed by atoms with Crippen molar-refractivity contribution in [3.8, 4) is 0 Å². The van der Waals surface area contributed by atoms with Crippen LogP contribution in [0.5, 0.6) is 0 Å². The van der Waals surface area contributed by atoms with E-state index in [-0.39, 0.29) is 18.9 Å². The Labute approximate surface area is 579 Å². The number of ether oxygens (including phenoxy) is 4. The minimum absolute atomic E-state index is 0.255. The van der Waals surface area contributed by atoms with Crippen molar-refractivity contribution in [1.29, 1.82) is 0 Å². The van der Waals surface area contributed by atoms with Gasteiger partial charge in [-0.05, 0) is 89.9 Å². The first kappa shape index (κ1) is 88.0. The van der Waals surface area contributed by atoms with Gasteiger partial charge >= 0.3 is 0 Å². The number of rotatable bonds is 64. The number of amides is 1. The molecule has 2 aliphatic heterocycles. The first-order valence-electron chi connectivity index (χ1n) is 39.0. The molecule has 0 bridgehead atoms. The smallest absolute Gasteiger partial charge is 0.220 e. The maximum Gasteiger partial charge on any atom is 0.220 e. The fraction of sp³-hybridized carbons (Fsp3) is 0.790. The maximum atomic E-state index is 13.4. The van der Waals surface area contributed by atoms with Gasteiger partial charge in [0.1, 0.15) is 48.8 Å². The fourth-order valence-corrected chi connectivity index (χ4v) is 12.4. The number of carbonyl (C=O) groups excluding carboxylic acids is 1. The van der Waals surface area contributed by atoms with E-state index >= 15 is 0 Å². The van der Waals surface area contributed by atoms with Crippen LogP contribution >= 0.6 is 0 Å². The average Bonchev–Trinajstić information content (AvgIpc) is 0.801. The second-order valence-corrected chi connectivity index (χ2v) is 27.1. The van der Waals surface area contributed by atoms with Crippen molar-refractivity contribution in [1.82, 2.24) is 5.32 Å². The van der Waals surface area contributed by atoms with Crippen molar-refractivity contribution in [3.63, 3.8) is 0 Å². The summed E-state index contributed by atoms with van der Waals surface area (Å²) >= 11 is 0. The summed E-state index contributed by atoms with van der Waals surface area (Å²) in [5.41, 5.74) is 0. The van der Waals surface area contributed by atoms with Gasteiger partial charge in [-0.2, -0.15) is 0 Å². The molecule has 0 aromatic heterocycles. The van der Waals surface area contributed by atoms with E-state index in [0.717, 1.165) is 83.5 Å². The molecule has 0 radical (unpaired) electrons. The van der Waals surface area contributed by atoms with E-state index in [1.165, 1.54) is 199 Å². The van der Waals surface area contributed by atoms with Crippen LogP contribution in [0.1, 0.15) is 316 Å². The molecule has 2 saturated heterocycles. The maximum absolute atomic E-state index is 13.4. The quantitative estimate of drug-likeness (QED) is 0.0204. The van der Waals surface area contributed by atoms with Gasteiger partial charge in [-0.15, -0.1) is 0 Å². The average molecular weight is 1340 g/mol. The Bertz CT molecular complexity index is 1970. The second kappa shape index (κ2) is 64.3. The molecule has 0 aromatic carbocycles. The van der Waals surface area contributed by atoms with Crippen LogP contribution in [0.15, 0.2) is 97.2 Å². The van der Waals surface area contributed by atoms with E-state index in [1.54, 1.807) is 6.08 Å². The monoisotopic (exact) mass is 1340 g/mol. The Morgan fingerprint density at radius 2 is 0.737 bits per heavy atom. The van der Waals surface area contributed by atoms with Gasteiger partial charge in [0.25, 0.3) is 0 Å². The van der Waals surface area contributed by atoms with Gasteiger partial charge in [0.15, 0.2) is 12.6 Å². The molecule has 12 atom stereocenters. The molecule has 550 valence electrons. The van der Waals surface area contributed by atoms with E-state index < -0.39 is 86.8 Å². The summed E-state index contributed by atoms with van der Waals surface area (Å²) in [6.45, 7) is 2.70. The van der Waals surface area contributed by atoms with Crippen LogP contribution in [-0.2, 0) is 23.7 Å². The van der Waals surface area contributed by atoms with Gasteiger partial charge in [0.05, 0.1) is 32.0 Å². The highest BCUT2D eigenvalue weighted by Gasteiger charge is 2.51. The number of allylic oxidation sites excluding steroid dienone is 15. The molecule has 1 amide bonds. The molecular weight excluding hydrogens is 1190 g/mol. The second-order valence-electron chi connectivity index (χ2n) is 27.1. The molecule has 95 heavy (non-hydrogen) atoms. The molecule has 9 N–H and O–H groups in total. The number of unbranched alkanes of at least 4 members (excludes halogenated alkanes) is 37. The van der Waals surface area contributed by atoms with Crippen molar-refractivity contribution in [2.24, 2.45) is 0 Å². The van der Waals surface area contributed by atoms with Crippen molar-refractivity contribution in [2.45, 2.75) is 389 Å². The fourth-order valence-electron chi connectivity index (χ4n) is 12.4. The summed E-state index contributed by atoms with van der Waals surface area (Å²) in [4.78, 5) is 13.4. The standard InChI is InChI=1S/C81H143NO13/c1-3-5-7-9-11-13-15-17-19-21-23-25-27-29-31-33-34-35-37-38-40-42-44-46-48-50-52-54-56-58-60-62-64-70(85)69(68-92-80-78(91)76(89)79(72(67-84)94-80)95-81-77(90)75(88)74(87)71(66-83)93-81)82-73(86)65-63-61-59-57-55-53-51-49-47-45-43-41-39-36-32-30-28-26-24-22-20-18-16-14-12-10-8-6-4-2/h6,8,12,14,18,20,24,26,30,32,46,48,54,56,62,64,69-72,74-81,83-85,87-91H,3-5,7,9-11,13,15-17,19,21-23,25,27-29,31,33-45,47,49-53,55,57-61,63,65-68H2,1-2H3,(H,82,86)/b8-6-,14-12-,20-18-,26-24-,32-30-,48-46+,56-54+,64-62+. The topological polar surface area (TPSA) is 228 Å². The van der Waals surface area contributed by atoms with Crippen molar-refractivity contribution in [2.75, 3.05) is 19.8 Å². The molecule has 0 spiro atoms. The Hall–Kier alpha value is -3.09. The van der Waals surface area contributed by atoms with Crippen LogP contribution in [0, 0.1) is 0 Å². The SMILES string of the molecule is CC/C=C\C/C=C\C/C=C\C/C=C\C/C=C\CCCCCCCCCCCCCCCC(=O)NC(COC1OC(CO)C(OC2OC(CO)C(O)C(O)C2O)C(O)C1O)C(O)/C=C/CC/C=C/CC/C=C/CCCCCCCCCCCCCCCCCCCCCCCC. The minimum atomic E-state index is -1.80. The molecule has 0 aromatic rings. The Morgan fingerprint density at radius 3 is 1.16 bits per heavy atom. The van der Waals surface area contributed by atoms with Crippen LogP contribution in [0.2, 0.25) is 0 Å². The molecule has 14 nitrogen and oxygen atoms in total. The summed E-state index contributed by atoms with van der Waals surface area (Å²) in [6.07, 6.45) is 74.8. The lowest BCUT2D eigenvalue weighted by Crippen LogP contribution is -2.65. The molecule has 12 unspecified atom stereocenters. The predicted octanol–water partition coefficient (Wildman–Crippen LogP) is 17.3. The van der Waals surface area contributed by atoms with Crippen molar-refractivity contribution in [3.05, 3.63) is 97.2 Å². The molecule has 2 fully saturated rings. The molecule has 2 aliphatic rings. The lowest BCUT2D eigenvalue weighted by atomic mass is 9.97. The van der Waals surface area contributed by atoms with Crippen molar-refractivity contribution >= 4 is 5.91 Å². The van der Waals surface area contributed by atoms with Gasteiger partial charge < -0.3 is 65.1 Å². The lowest BCUT2D eigenvalue weighted by Gasteiger charge is -2.46. The first-order chi connectivity index (χ1) is 46.6. The largest absolute Gasteiger partial charge is 0.394 e. The molecule has 2 rings (SSSR count). The molecule has 0 aliphatic carbocycles. The summed E-state index contributed by atoms with van der Waals surface area (Å²) in [6, 6.07) is -0.947. The molecule has 14 heteroatoms. The number of aliphatic hydroxyl groups excluding tert-OH is 8. The molecule has 2 heterocycles. The summed E-state index contributed by atoms with van der Waals surface area (Å²) < 4.78 is 22.9. The summed E-state index contributed by atoms with van der Waals surface area (Å²) in [7, 11) is 0. The van der Waals surface area contributed by atoms with Gasteiger partial charge in [-0.3, -0.25) is 4.79 Å². The number of nitrogens with one attached hydrogen (secondary N) is 1. The van der Waals surface area contributed by atoms with Crippen LogP contribution in [0.25, 0.3) is 0 Å². The Balaban J connectivity index is 1.66. The van der Waals surface area contributed by atoms with Gasteiger partial charge in [-0.1, -0.05) is 317 Å². The van der Waals surface area contributed by atoms with Crippen LogP contribution in [0.4, 0.5) is 0 Å². The van der Waals surface area contributed by atoms with E-state index in [9.17, 15) is 45.6 Å².